The average molecular weight is 939 g/mol. The van der Waals surface area contributed by atoms with Crippen LogP contribution < -0.4 is 28.4 Å². The van der Waals surface area contributed by atoms with Crippen LogP contribution in [0.5, 0.6) is 34.5 Å². The summed E-state index contributed by atoms with van der Waals surface area (Å²) in [6, 6.07) is 9.87. The molecule has 6 aliphatic rings. The molecule has 0 radical (unpaired) electrons. The molecule has 5 aromatic rings. The Balaban J connectivity index is 0.682. The lowest BCUT2D eigenvalue weighted by atomic mass is 10.1. The number of methoxy groups -OCH3 is 3. The molecule has 2 aromatic heterocycles. The molecule has 6 aliphatic heterocycles. The van der Waals surface area contributed by atoms with E-state index in [1.165, 1.54) is 14.2 Å². The molecule has 356 valence electrons. The van der Waals surface area contributed by atoms with Crippen LogP contribution in [0.1, 0.15) is 87.0 Å². The second-order valence-electron chi connectivity index (χ2n) is 17.7. The maximum atomic E-state index is 14.1. The summed E-state index contributed by atoms with van der Waals surface area (Å²) in [5, 5.41) is 17.3. The number of carbonyl (C=O) groups is 3. The van der Waals surface area contributed by atoms with Gasteiger partial charge in [0.25, 0.3) is 17.7 Å². The van der Waals surface area contributed by atoms with E-state index in [-0.39, 0.29) is 55.1 Å². The van der Waals surface area contributed by atoms with Gasteiger partial charge in [0.15, 0.2) is 34.5 Å². The number of hydrogen-bond donors (Lipinski definition) is 0. The molecular formula is C48H50N12O9. The summed E-state index contributed by atoms with van der Waals surface area (Å²) in [4.78, 5) is 60.1. The number of hydrogen-bond acceptors (Lipinski definition) is 16. The van der Waals surface area contributed by atoms with Gasteiger partial charge in [0.05, 0.1) is 98.2 Å². The van der Waals surface area contributed by atoms with Gasteiger partial charge in [-0.25, -0.2) is 4.68 Å². The lowest BCUT2D eigenvalue weighted by Crippen LogP contribution is -2.35. The average Bonchev–Trinajstić information content (AvgIpc) is 4.24. The van der Waals surface area contributed by atoms with E-state index in [1.54, 1.807) is 70.2 Å². The van der Waals surface area contributed by atoms with Crippen LogP contribution in [-0.4, -0.2) is 147 Å². The zero-order valence-electron chi connectivity index (χ0n) is 38.4. The second-order valence-corrected chi connectivity index (χ2v) is 17.7. The van der Waals surface area contributed by atoms with Crippen molar-refractivity contribution in [1.29, 1.82) is 0 Å². The fourth-order valence-electron chi connectivity index (χ4n) is 9.85. The normalized spacial score (nSPS) is 20.9. The molecule has 21 nitrogen and oxygen atoms in total. The van der Waals surface area contributed by atoms with E-state index < -0.39 is 0 Å². The summed E-state index contributed by atoms with van der Waals surface area (Å²) in [6.45, 7) is 2.91. The second kappa shape index (κ2) is 18.3. The van der Waals surface area contributed by atoms with E-state index >= 15 is 0 Å². The smallest absolute Gasteiger partial charge is 0.256 e. The maximum absolute atomic E-state index is 14.1. The predicted octanol–water partition coefficient (Wildman–Crippen LogP) is 5.34. The van der Waals surface area contributed by atoms with Gasteiger partial charge in [-0.2, -0.15) is 0 Å². The molecular weight excluding hydrogens is 889 g/mol. The van der Waals surface area contributed by atoms with Gasteiger partial charge in [-0.05, 0) is 50.3 Å². The fraction of sp³-hybridized carbons (Fsp3) is 0.417. The molecule has 0 spiro atoms. The van der Waals surface area contributed by atoms with Crippen LogP contribution in [0.2, 0.25) is 0 Å². The molecule has 11 rings (SSSR count). The van der Waals surface area contributed by atoms with Gasteiger partial charge in [-0.3, -0.25) is 34.0 Å². The van der Waals surface area contributed by atoms with Gasteiger partial charge in [0.1, 0.15) is 24.6 Å². The third kappa shape index (κ3) is 8.34. The lowest BCUT2D eigenvalue weighted by Gasteiger charge is -2.20. The fourth-order valence-corrected chi connectivity index (χ4v) is 9.85. The van der Waals surface area contributed by atoms with Crippen LogP contribution in [0.15, 0.2) is 63.8 Å². The number of ether oxygens (including phenoxy) is 6. The molecule has 69 heavy (non-hydrogen) atoms. The van der Waals surface area contributed by atoms with Gasteiger partial charge >= 0.3 is 0 Å². The van der Waals surface area contributed by atoms with E-state index in [2.05, 4.69) is 30.6 Å². The van der Waals surface area contributed by atoms with Crippen molar-refractivity contribution < 1.29 is 42.8 Å². The molecule has 0 unspecified atom stereocenters. The standard InChI is InChI=1S/C48H50N12O9/c1-64-40-16-36-37(17-43(40)67-12-6-9-56-23-28(52-54-56)26-68-44-18-38-34(14-41(44)65-2)46(61)57-10-4-7-30(57)20-49-38)51-22-32-13-33(25-59(32)48(36)63)60-24-29(53-55-60)27-69-45-19-39-35(15-42(45)66-3)47(62)58-11-5-8-31(58)21-50-39/h14-24,30-33H,4-13,25-27H2,1-3H3/t30-,31-,32-,33-/m0/s1. The molecule has 3 aromatic carbocycles. The minimum absolute atomic E-state index is 0.00320. The minimum Gasteiger partial charge on any atom is -0.493 e. The maximum Gasteiger partial charge on any atom is 0.256 e. The van der Waals surface area contributed by atoms with Crippen molar-refractivity contribution in [2.24, 2.45) is 15.0 Å². The number of carbonyl (C=O) groups excluding carboxylic acids is 3. The summed E-state index contributed by atoms with van der Waals surface area (Å²) in [5.74, 6) is 2.37. The number of benzene rings is 3. The Labute approximate surface area is 396 Å². The highest BCUT2D eigenvalue weighted by atomic mass is 16.5. The van der Waals surface area contributed by atoms with E-state index in [9.17, 15) is 14.4 Å². The number of aliphatic imine (C=N–C) groups is 3. The van der Waals surface area contributed by atoms with Crippen molar-refractivity contribution in [3.8, 4) is 34.5 Å². The molecule has 0 saturated carbocycles. The first-order chi connectivity index (χ1) is 33.7. The Morgan fingerprint density at radius 2 is 1.06 bits per heavy atom. The van der Waals surface area contributed by atoms with Crippen molar-refractivity contribution in [2.45, 2.75) is 82.5 Å². The van der Waals surface area contributed by atoms with Crippen molar-refractivity contribution in [3.63, 3.8) is 0 Å². The quantitative estimate of drug-likeness (QED) is 0.122. The third-order valence-corrected chi connectivity index (χ3v) is 13.5. The number of fused-ring (bicyclic) bond motifs is 6. The third-order valence-electron chi connectivity index (χ3n) is 13.5. The van der Waals surface area contributed by atoms with Gasteiger partial charge in [0.2, 0.25) is 0 Å². The molecule has 3 fully saturated rings. The van der Waals surface area contributed by atoms with Gasteiger partial charge in [0, 0.05) is 69.4 Å². The number of aromatic nitrogens is 6. The van der Waals surface area contributed by atoms with Crippen LogP contribution in [0.25, 0.3) is 0 Å². The number of amides is 3. The molecule has 3 saturated heterocycles. The lowest BCUT2D eigenvalue weighted by molar-refractivity contribution is 0.0763. The molecule has 0 N–H and O–H groups in total. The Kier molecular flexibility index (Phi) is 11.6. The van der Waals surface area contributed by atoms with E-state index in [1.807, 2.05) is 28.4 Å². The molecule has 21 heteroatoms. The number of rotatable bonds is 15. The molecule has 8 heterocycles. The Morgan fingerprint density at radius 1 is 0.565 bits per heavy atom. The Bertz CT molecular complexity index is 2930. The highest BCUT2D eigenvalue weighted by Gasteiger charge is 2.39. The van der Waals surface area contributed by atoms with Crippen molar-refractivity contribution in [1.82, 2.24) is 44.7 Å². The van der Waals surface area contributed by atoms with Crippen molar-refractivity contribution >= 4 is 53.4 Å². The zero-order valence-corrected chi connectivity index (χ0v) is 38.4. The predicted molar refractivity (Wildman–Crippen MR) is 249 cm³/mol. The summed E-state index contributed by atoms with van der Waals surface area (Å²) < 4.78 is 38.8. The summed E-state index contributed by atoms with van der Waals surface area (Å²) >= 11 is 0. The molecule has 4 atom stereocenters. The van der Waals surface area contributed by atoms with Crippen LogP contribution in [0.4, 0.5) is 17.1 Å². The van der Waals surface area contributed by atoms with E-state index in [0.29, 0.717) is 125 Å². The summed E-state index contributed by atoms with van der Waals surface area (Å²) in [7, 11) is 4.62. The topological polar surface area (TPSA) is 215 Å². The largest absolute Gasteiger partial charge is 0.493 e. The SMILES string of the molecule is COc1cc2c(cc1OCCCn1cc(COc3cc4c(cc3OC)C(=O)N3CCC[C@H]3C=N4)nn1)N=C[C@@H]1C[C@H](n3cc(COc4cc5c(cc4OC)C(=O)N4CCC[C@H]4C=N5)nn3)CN1C2=O. The number of aryl methyl sites for hydroxylation is 1. The monoisotopic (exact) mass is 938 g/mol. The van der Waals surface area contributed by atoms with Crippen LogP contribution >= 0.6 is 0 Å². The molecule has 0 aliphatic carbocycles. The first kappa shape index (κ1) is 43.7. The first-order valence-corrected chi connectivity index (χ1v) is 23.1. The van der Waals surface area contributed by atoms with Crippen LogP contribution in [0.3, 0.4) is 0 Å². The Morgan fingerprint density at radius 3 is 1.61 bits per heavy atom. The van der Waals surface area contributed by atoms with Crippen LogP contribution in [-0.2, 0) is 19.8 Å². The highest BCUT2D eigenvalue weighted by molar-refractivity contribution is 6.05. The van der Waals surface area contributed by atoms with Crippen molar-refractivity contribution in [3.05, 3.63) is 76.9 Å². The molecule has 0 bridgehead atoms. The first-order valence-electron chi connectivity index (χ1n) is 23.1. The zero-order chi connectivity index (χ0) is 47.2. The van der Waals surface area contributed by atoms with E-state index in [0.717, 1.165) is 25.7 Å². The summed E-state index contributed by atoms with van der Waals surface area (Å²) in [5.41, 5.74) is 4.17. The van der Waals surface area contributed by atoms with Gasteiger partial charge in [-0.1, -0.05) is 10.4 Å². The van der Waals surface area contributed by atoms with Gasteiger partial charge in [-0.15, -0.1) is 10.2 Å². The minimum atomic E-state index is -0.266. The highest BCUT2D eigenvalue weighted by Crippen LogP contribution is 2.42. The summed E-state index contributed by atoms with van der Waals surface area (Å²) in [6.07, 6.45) is 14.0. The number of nitrogens with zero attached hydrogens (tertiary/aromatic N) is 12. The van der Waals surface area contributed by atoms with E-state index in [4.69, 9.17) is 33.4 Å². The van der Waals surface area contributed by atoms with Crippen molar-refractivity contribution in [2.75, 3.05) is 47.6 Å². The van der Waals surface area contributed by atoms with Gasteiger partial charge < -0.3 is 43.1 Å². The Hall–Kier alpha value is -7.84. The van der Waals surface area contributed by atoms with Crippen LogP contribution in [0, 0.1) is 0 Å². The molecule has 3 amide bonds.